The van der Waals surface area contributed by atoms with Gasteiger partial charge in [0.1, 0.15) is 11.4 Å². The topological polar surface area (TPSA) is 54.5 Å². The Morgan fingerprint density at radius 1 is 0.667 bits per heavy atom. The van der Waals surface area contributed by atoms with Crippen molar-refractivity contribution in [3.8, 4) is 33.9 Å². The van der Waals surface area contributed by atoms with Gasteiger partial charge in [-0.25, -0.2) is 9.97 Å². The van der Waals surface area contributed by atoms with Crippen molar-refractivity contribution < 1.29 is 0 Å². The Kier molecular flexibility index (Phi) is 4.77. The highest BCUT2D eigenvalue weighted by molar-refractivity contribution is 7.60. The number of rotatable bonds is 3. The van der Waals surface area contributed by atoms with Crippen molar-refractivity contribution >= 4 is 39.4 Å². The zero-order valence-corrected chi connectivity index (χ0v) is 20.9. The molecule has 0 aliphatic rings. The largest absolute Gasteiger partial charge is 0.282 e. The van der Waals surface area contributed by atoms with E-state index in [0.717, 1.165) is 50.5 Å². The number of aryl methyl sites for hydroxylation is 2. The minimum atomic E-state index is -0.488. The lowest BCUT2D eigenvalue weighted by atomic mass is 10.00. The van der Waals surface area contributed by atoms with Gasteiger partial charge in [0.05, 0.1) is 5.52 Å². The SMILES string of the molecule is Cc1[nH]nc(-c2nc(-c3cccc4c5ccccc5p(C)c34)nc3ccccc23)c1-c1ccccc1. The third-order valence-electron chi connectivity index (χ3n) is 7.01. The molecule has 1 unspecified atom stereocenters. The summed E-state index contributed by atoms with van der Waals surface area (Å²) in [6, 6.07) is 33.9. The van der Waals surface area contributed by atoms with Crippen LogP contribution in [0.3, 0.4) is 0 Å². The van der Waals surface area contributed by atoms with Crippen molar-refractivity contribution in [3.05, 3.63) is 103 Å². The second-order valence-corrected chi connectivity index (χ2v) is 11.2. The Morgan fingerprint density at radius 3 is 2.25 bits per heavy atom. The number of hydrogen-bond donors (Lipinski definition) is 1. The third kappa shape index (κ3) is 3.12. The number of aromatic nitrogens is 4. The normalized spacial score (nSPS) is 12.1. The number of fused-ring (bicyclic) bond motifs is 4. The predicted octanol–water partition coefficient (Wildman–Crippen LogP) is 8.49. The molecule has 0 bridgehead atoms. The molecule has 0 aliphatic heterocycles. The predicted molar refractivity (Wildman–Crippen MR) is 151 cm³/mol. The molecule has 4 aromatic carbocycles. The molecule has 0 saturated carbocycles. The van der Waals surface area contributed by atoms with Gasteiger partial charge in [-0.15, -0.1) is 7.53 Å². The summed E-state index contributed by atoms with van der Waals surface area (Å²) in [5.74, 6) is 0.752. The molecule has 0 aliphatic carbocycles. The lowest BCUT2D eigenvalue weighted by Gasteiger charge is -2.11. The number of benzene rings is 4. The van der Waals surface area contributed by atoms with Crippen LogP contribution in [0.4, 0.5) is 0 Å². The quantitative estimate of drug-likeness (QED) is 0.275. The van der Waals surface area contributed by atoms with Gasteiger partial charge in [0.25, 0.3) is 0 Å². The van der Waals surface area contributed by atoms with Gasteiger partial charge < -0.3 is 0 Å². The van der Waals surface area contributed by atoms with E-state index in [1.165, 1.54) is 21.0 Å². The molecule has 172 valence electrons. The Balaban J connectivity index is 1.55. The molecule has 4 nitrogen and oxygen atoms in total. The molecular weight excluding hydrogens is 459 g/mol. The van der Waals surface area contributed by atoms with Gasteiger partial charge >= 0.3 is 0 Å². The number of aromatic amines is 1. The Hall–Kier alpha value is -4.27. The summed E-state index contributed by atoms with van der Waals surface area (Å²) in [6.07, 6.45) is 0. The zero-order valence-electron chi connectivity index (χ0n) is 20.0. The van der Waals surface area contributed by atoms with Crippen molar-refractivity contribution in [3.63, 3.8) is 0 Å². The Labute approximate surface area is 209 Å². The van der Waals surface area contributed by atoms with Gasteiger partial charge in [0.15, 0.2) is 5.82 Å². The molecule has 0 amide bonds. The van der Waals surface area contributed by atoms with Gasteiger partial charge in [-0.1, -0.05) is 91.0 Å². The number of para-hydroxylation sites is 1. The van der Waals surface area contributed by atoms with E-state index in [9.17, 15) is 0 Å². The van der Waals surface area contributed by atoms with E-state index in [1.54, 1.807) is 0 Å². The first-order valence-corrected chi connectivity index (χ1v) is 13.8. The standard InChI is InChI=1S/C31H23N4P/c1-19-27(20-11-4-3-5-12-20)29(35-34-19)28-23-14-6-8-17-25(23)32-31(33-28)24-16-10-15-22-21-13-7-9-18-26(21)36(2)30(22)24/h3-18H,1-2H3,(H,34,35). The molecule has 0 saturated heterocycles. The summed E-state index contributed by atoms with van der Waals surface area (Å²) in [6.45, 7) is 4.41. The van der Waals surface area contributed by atoms with E-state index < -0.39 is 7.53 Å². The number of nitrogens with zero attached hydrogens (tertiary/aromatic N) is 3. The van der Waals surface area contributed by atoms with Gasteiger partial charge in [-0.05, 0) is 36.0 Å². The molecule has 1 atom stereocenters. The van der Waals surface area contributed by atoms with Crippen LogP contribution in [0.5, 0.6) is 0 Å². The first-order chi connectivity index (χ1) is 17.7. The van der Waals surface area contributed by atoms with Crippen LogP contribution in [0.25, 0.3) is 65.8 Å². The van der Waals surface area contributed by atoms with E-state index in [-0.39, 0.29) is 0 Å². The van der Waals surface area contributed by atoms with Gasteiger partial charge in [-0.3, -0.25) is 5.10 Å². The first-order valence-electron chi connectivity index (χ1n) is 12.0. The zero-order chi connectivity index (χ0) is 24.2. The summed E-state index contributed by atoms with van der Waals surface area (Å²) >= 11 is 0. The maximum atomic E-state index is 5.23. The number of H-pyrrole nitrogens is 1. The van der Waals surface area contributed by atoms with Crippen LogP contribution in [0.2, 0.25) is 0 Å². The van der Waals surface area contributed by atoms with E-state index in [1.807, 2.05) is 18.2 Å². The van der Waals surface area contributed by atoms with Crippen molar-refractivity contribution in [2.75, 3.05) is 0 Å². The molecule has 5 heteroatoms. The molecule has 0 fully saturated rings. The maximum Gasteiger partial charge on any atom is 0.161 e. The number of nitrogens with one attached hydrogen (secondary N) is 1. The summed E-state index contributed by atoms with van der Waals surface area (Å²) in [7, 11) is -0.488. The van der Waals surface area contributed by atoms with E-state index in [4.69, 9.17) is 15.1 Å². The molecule has 3 heterocycles. The molecule has 36 heavy (non-hydrogen) atoms. The molecule has 1 N–H and O–H groups in total. The number of hydrogen-bond acceptors (Lipinski definition) is 3. The minimum Gasteiger partial charge on any atom is -0.282 e. The molecule has 0 spiro atoms. The minimum absolute atomic E-state index is 0.488. The van der Waals surface area contributed by atoms with Gasteiger partial charge in [-0.2, -0.15) is 5.10 Å². The van der Waals surface area contributed by atoms with Crippen LogP contribution in [0.15, 0.2) is 97.1 Å². The van der Waals surface area contributed by atoms with Gasteiger partial charge in [0, 0.05) is 32.4 Å². The molecule has 0 radical (unpaired) electrons. The second kappa shape index (κ2) is 8.15. The second-order valence-electron chi connectivity index (χ2n) is 9.13. The van der Waals surface area contributed by atoms with Crippen LogP contribution >= 0.6 is 7.53 Å². The Bertz CT molecular complexity index is 1910. The van der Waals surface area contributed by atoms with E-state index >= 15 is 0 Å². The average Bonchev–Trinajstić information content (AvgIpc) is 3.46. The fourth-order valence-corrected chi connectivity index (χ4v) is 7.55. The molecule has 7 aromatic rings. The smallest absolute Gasteiger partial charge is 0.161 e. The van der Waals surface area contributed by atoms with E-state index in [2.05, 4.69) is 97.6 Å². The third-order valence-corrected chi connectivity index (χ3v) is 9.27. The molecular formula is C31H23N4P. The summed E-state index contributed by atoms with van der Waals surface area (Å²) in [5.41, 5.74) is 6.96. The summed E-state index contributed by atoms with van der Waals surface area (Å²) < 4.78 is 0. The van der Waals surface area contributed by atoms with Crippen LogP contribution < -0.4 is 0 Å². The summed E-state index contributed by atoms with van der Waals surface area (Å²) in [5, 5.41) is 14.4. The van der Waals surface area contributed by atoms with Crippen LogP contribution in [0, 0.1) is 6.92 Å². The maximum absolute atomic E-state index is 5.23. The lowest BCUT2D eigenvalue weighted by Crippen LogP contribution is -1.96. The van der Waals surface area contributed by atoms with Crippen LogP contribution in [-0.2, 0) is 6.66 Å². The van der Waals surface area contributed by atoms with Gasteiger partial charge in [0.2, 0.25) is 0 Å². The highest BCUT2D eigenvalue weighted by Crippen LogP contribution is 2.50. The molecule has 7 rings (SSSR count). The average molecular weight is 483 g/mol. The Morgan fingerprint density at radius 2 is 1.39 bits per heavy atom. The van der Waals surface area contributed by atoms with Crippen molar-refractivity contribution in [1.29, 1.82) is 0 Å². The lowest BCUT2D eigenvalue weighted by molar-refractivity contribution is 1.05. The van der Waals surface area contributed by atoms with Crippen molar-refractivity contribution in [2.45, 2.75) is 6.92 Å². The fraction of sp³-hybridized carbons (Fsp3) is 0.0645. The highest BCUT2D eigenvalue weighted by atomic mass is 31.1. The fourth-order valence-electron chi connectivity index (χ4n) is 5.35. The van der Waals surface area contributed by atoms with E-state index in [0.29, 0.717) is 0 Å². The van der Waals surface area contributed by atoms with Crippen molar-refractivity contribution in [1.82, 2.24) is 20.2 Å². The summed E-state index contributed by atoms with van der Waals surface area (Å²) in [4.78, 5) is 10.3. The highest BCUT2D eigenvalue weighted by Gasteiger charge is 2.21. The van der Waals surface area contributed by atoms with Crippen LogP contribution in [0.1, 0.15) is 5.69 Å². The van der Waals surface area contributed by atoms with Crippen molar-refractivity contribution in [2.24, 2.45) is 6.66 Å². The molecule has 3 aromatic heterocycles. The first kappa shape index (κ1) is 21.0. The van der Waals surface area contributed by atoms with Crippen LogP contribution in [-0.4, -0.2) is 20.2 Å². The monoisotopic (exact) mass is 482 g/mol.